The van der Waals surface area contributed by atoms with E-state index < -0.39 is 11.1 Å². The van der Waals surface area contributed by atoms with Crippen LogP contribution in [-0.4, -0.2) is 16.0 Å². The van der Waals surface area contributed by atoms with Gasteiger partial charge in [0.2, 0.25) is 0 Å². The quantitative estimate of drug-likeness (QED) is 0.750. The average molecular weight is 273 g/mol. The number of benzene rings is 1. The zero-order valence-corrected chi connectivity index (χ0v) is 11.5. The molecule has 0 aliphatic heterocycles. The van der Waals surface area contributed by atoms with Gasteiger partial charge in [-0.15, -0.1) is 0 Å². The summed E-state index contributed by atoms with van der Waals surface area (Å²) in [7, 11) is 0. The monoisotopic (exact) mass is 273 g/mol. The zero-order chi connectivity index (χ0) is 14.1. The second kappa shape index (κ2) is 5.15. The van der Waals surface area contributed by atoms with E-state index >= 15 is 0 Å². The van der Waals surface area contributed by atoms with Crippen molar-refractivity contribution in [3.05, 3.63) is 38.9 Å². The summed E-state index contributed by atoms with van der Waals surface area (Å²) in [6.45, 7) is 2.20. The summed E-state index contributed by atoms with van der Waals surface area (Å²) in [5.74, 6) is 0.723. The van der Waals surface area contributed by atoms with Crippen LogP contribution in [0.5, 0.6) is 0 Å². The van der Waals surface area contributed by atoms with Gasteiger partial charge in [-0.2, -0.15) is 0 Å². The van der Waals surface area contributed by atoms with Crippen molar-refractivity contribution in [3.8, 4) is 0 Å². The second-order valence-corrected chi connectivity index (χ2v) is 5.65. The minimum absolute atomic E-state index is 0.421. The van der Waals surface area contributed by atoms with Crippen LogP contribution in [0.15, 0.2) is 27.8 Å². The lowest BCUT2D eigenvalue weighted by Gasteiger charge is -2.21. The molecule has 3 rings (SSSR count). The summed E-state index contributed by atoms with van der Waals surface area (Å²) in [5.41, 5.74) is 1.04. The maximum atomic E-state index is 11.4. The number of hydrogen-bond donors (Lipinski definition) is 3. The van der Waals surface area contributed by atoms with Crippen LogP contribution in [0.2, 0.25) is 0 Å². The molecule has 5 heteroatoms. The molecule has 1 heterocycles. The van der Waals surface area contributed by atoms with Crippen molar-refractivity contribution in [2.75, 3.05) is 5.32 Å². The number of nitrogens with one attached hydrogen (secondary N) is 3. The summed E-state index contributed by atoms with van der Waals surface area (Å²) in [5, 5.41) is 3.50. The molecule has 1 atom stereocenters. The Balaban J connectivity index is 1.87. The summed E-state index contributed by atoms with van der Waals surface area (Å²) < 4.78 is 0. The average Bonchev–Trinajstić information content (AvgIpc) is 2.94. The van der Waals surface area contributed by atoms with Crippen LogP contribution >= 0.6 is 0 Å². The van der Waals surface area contributed by atoms with E-state index in [0.29, 0.717) is 17.1 Å². The highest BCUT2D eigenvalue weighted by molar-refractivity contribution is 5.78. The standard InChI is InChI=1S/C15H19N3O2/c1-9(10-4-2-3-5-10)16-11-6-7-12-13(8-11)18-15(20)14(19)17-12/h6-10,16H,2-5H2,1H3,(H,17,19)(H,18,20). The number of fused-ring (bicyclic) bond motifs is 1. The Bertz CT molecular complexity index is 726. The van der Waals surface area contributed by atoms with Crippen molar-refractivity contribution in [3.63, 3.8) is 0 Å². The summed E-state index contributed by atoms with van der Waals surface area (Å²) >= 11 is 0. The van der Waals surface area contributed by atoms with Gasteiger partial charge < -0.3 is 15.3 Å². The van der Waals surface area contributed by atoms with E-state index in [4.69, 9.17) is 0 Å². The summed E-state index contributed by atoms with van der Waals surface area (Å²) in [6.07, 6.45) is 5.21. The molecule has 1 fully saturated rings. The fourth-order valence-electron chi connectivity index (χ4n) is 3.04. The lowest BCUT2D eigenvalue weighted by Crippen LogP contribution is -2.29. The van der Waals surface area contributed by atoms with Gasteiger partial charge in [0.05, 0.1) is 11.0 Å². The lowest BCUT2D eigenvalue weighted by molar-refractivity contribution is 0.482. The first kappa shape index (κ1) is 13.0. The predicted molar refractivity (Wildman–Crippen MR) is 80.2 cm³/mol. The molecule has 0 saturated heterocycles. The van der Waals surface area contributed by atoms with Crippen molar-refractivity contribution in [1.82, 2.24) is 9.97 Å². The topological polar surface area (TPSA) is 77.8 Å². The van der Waals surface area contributed by atoms with Crippen molar-refractivity contribution in [1.29, 1.82) is 0 Å². The Morgan fingerprint density at radius 3 is 2.45 bits per heavy atom. The number of anilines is 1. The molecule has 0 spiro atoms. The molecule has 0 bridgehead atoms. The van der Waals surface area contributed by atoms with Crippen LogP contribution in [0, 0.1) is 5.92 Å². The minimum Gasteiger partial charge on any atom is -0.382 e. The van der Waals surface area contributed by atoms with Crippen molar-refractivity contribution < 1.29 is 0 Å². The summed E-state index contributed by atoms with van der Waals surface area (Å²) in [4.78, 5) is 27.8. The van der Waals surface area contributed by atoms with Crippen LogP contribution < -0.4 is 16.4 Å². The van der Waals surface area contributed by atoms with Gasteiger partial charge in [-0.3, -0.25) is 9.59 Å². The molecule has 0 amide bonds. The van der Waals surface area contributed by atoms with Crippen LogP contribution in [0.25, 0.3) is 11.0 Å². The molecule has 0 radical (unpaired) electrons. The highest BCUT2D eigenvalue weighted by atomic mass is 16.2. The molecule has 1 unspecified atom stereocenters. The van der Waals surface area contributed by atoms with Gasteiger partial charge in [0.1, 0.15) is 0 Å². The Morgan fingerprint density at radius 2 is 1.75 bits per heavy atom. The Kier molecular flexibility index (Phi) is 3.34. The fourth-order valence-corrected chi connectivity index (χ4v) is 3.04. The van der Waals surface area contributed by atoms with Gasteiger partial charge in [-0.1, -0.05) is 12.8 Å². The van der Waals surface area contributed by atoms with Gasteiger partial charge in [-0.05, 0) is 43.9 Å². The van der Waals surface area contributed by atoms with Crippen LogP contribution in [-0.2, 0) is 0 Å². The molecule has 1 aliphatic carbocycles. The molecular formula is C15H19N3O2. The molecule has 5 nitrogen and oxygen atoms in total. The Hall–Kier alpha value is -2.04. The lowest BCUT2D eigenvalue weighted by atomic mass is 9.99. The molecule has 1 saturated carbocycles. The van der Waals surface area contributed by atoms with E-state index in [-0.39, 0.29) is 0 Å². The van der Waals surface area contributed by atoms with Crippen LogP contribution in [0.4, 0.5) is 5.69 Å². The largest absolute Gasteiger partial charge is 0.382 e. The first-order valence-electron chi connectivity index (χ1n) is 7.16. The van der Waals surface area contributed by atoms with E-state index in [2.05, 4.69) is 22.2 Å². The molecular weight excluding hydrogens is 254 g/mol. The third-order valence-corrected chi connectivity index (χ3v) is 4.22. The van der Waals surface area contributed by atoms with E-state index in [1.54, 1.807) is 0 Å². The Labute approximate surface area is 116 Å². The van der Waals surface area contributed by atoms with Gasteiger partial charge in [0.25, 0.3) is 0 Å². The number of aromatic amines is 2. The van der Waals surface area contributed by atoms with Gasteiger partial charge in [0, 0.05) is 11.7 Å². The van der Waals surface area contributed by atoms with E-state index in [9.17, 15) is 9.59 Å². The first-order valence-corrected chi connectivity index (χ1v) is 7.16. The molecule has 1 aromatic heterocycles. The second-order valence-electron chi connectivity index (χ2n) is 5.65. The maximum Gasteiger partial charge on any atom is 0.314 e. The number of aromatic nitrogens is 2. The van der Waals surface area contributed by atoms with Crippen molar-refractivity contribution >= 4 is 16.7 Å². The molecule has 3 N–H and O–H groups in total. The van der Waals surface area contributed by atoms with Crippen molar-refractivity contribution in [2.45, 2.75) is 38.6 Å². The number of H-pyrrole nitrogens is 2. The van der Waals surface area contributed by atoms with Gasteiger partial charge in [-0.25, -0.2) is 0 Å². The maximum absolute atomic E-state index is 11.4. The van der Waals surface area contributed by atoms with Crippen LogP contribution in [0.1, 0.15) is 32.6 Å². The third-order valence-electron chi connectivity index (χ3n) is 4.22. The first-order chi connectivity index (χ1) is 9.63. The van der Waals surface area contributed by atoms with E-state index in [1.165, 1.54) is 25.7 Å². The SMILES string of the molecule is CC(Nc1ccc2[nH]c(=O)c(=O)[nH]c2c1)C1CCCC1. The predicted octanol–water partition coefficient (Wildman–Crippen LogP) is 2.21. The highest BCUT2D eigenvalue weighted by Gasteiger charge is 2.21. The Morgan fingerprint density at radius 1 is 1.10 bits per heavy atom. The summed E-state index contributed by atoms with van der Waals surface area (Å²) in [6, 6.07) is 6.04. The van der Waals surface area contributed by atoms with Gasteiger partial charge in [0.15, 0.2) is 0 Å². The zero-order valence-electron chi connectivity index (χ0n) is 11.5. The highest BCUT2D eigenvalue weighted by Crippen LogP contribution is 2.29. The molecule has 106 valence electrons. The number of hydrogen-bond acceptors (Lipinski definition) is 3. The fraction of sp³-hybridized carbons (Fsp3) is 0.467. The molecule has 1 aliphatic rings. The third kappa shape index (κ3) is 2.48. The van der Waals surface area contributed by atoms with E-state index in [0.717, 1.165) is 11.6 Å². The molecule has 20 heavy (non-hydrogen) atoms. The minimum atomic E-state index is -0.613. The van der Waals surface area contributed by atoms with Crippen LogP contribution in [0.3, 0.4) is 0 Å². The van der Waals surface area contributed by atoms with Crippen molar-refractivity contribution in [2.24, 2.45) is 5.92 Å². The number of rotatable bonds is 3. The van der Waals surface area contributed by atoms with E-state index in [1.807, 2.05) is 18.2 Å². The smallest absolute Gasteiger partial charge is 0.314 e. The molecule has 1 aromatic carbocycles. The molecule has 2 aromatic rings. The van der Waals surface area contributed by atoms with Gasteiger partial charge >= 0.3 is 11.1 Å². The normalized spacial score (nSPS) is 17.4.